The van der Waals surface area contributed by atoms with Crippen LogP contribution in [0.2, 0.25) is 0 Å². The first-order chi connectivity index (χ1) is 11.7. The summed E-state index contributed by atoms with van der Waals surface area (Å²) in [6.07, 6.45) is 2.20. The molecule has 24 heavy (non-hydrogen) atoms. The van der Waals surface area contributed by atoms with Crippen molar-refractivity contribution in [2.75, 3.05) is 25.1 Å². The van der Waals surface area contributed by atoms with Gasteiger partial charge in [-0.2, -0.15) is 0 Å². The van der Waals surface area contributed by atoms with E-state index >= 15 is 0 Å². The van der Waals surface area contributed by atoms with Gasteiger partial charge in [0, 0.05) is 24.2 Å². The van der Waals surface area contributed by atoms with Gasteiger partial charge in [0.2, 0.25) is 0 Å². The number of ether oxygens (including phenoxy) is 2. The topological polar surface area (TPSA) is 72.5 Å². The molecule has 1 aliphatic rings. The zero-order chi connectivity index (χ0) is 16.8. The summed E-state index contributed by atoms with van der Waals surface area (Å²) in [4.78, 5) is 16.4. The number of rotatable bonds is 7. The summed E-state index contributed by atoms with van der Waals surface area (Å²) in [5.74, 6) is 0.665. The molecule has 0 saturated carbocycles. The Hall–Kier alpha value is -2.12. The maximum absolute atomic E-state index is 12.1. The molecule has 0 bridgehead atoms. The molecule has 128 valence electrons. The second-order valence-corrected chi connectivity index (χ2v) is 6.32. The lowest BCUT2D eigenvalue weighted by atomic mass is 10.2. The second-order valence-electron chi connectivity index (χ2n) is 5.47. The van der Waals surface area contributed by atoms with Gasteiger partial charge in [-0.3, -0.25) is 4.79 Å². The van der Waals surface area contributed by atoms with Gasteiger partial charge in [-0.05, 0) is 44.0 Å². The average molecular weight is 347 g/mol. The van der Waals surface area contributed by atoms with E-state index in [0.29, 0.717) is 24.0 Å². The smallest absolute Gasteiger partial charge is 0.270 e. The maximum Gasteiger partial charge on any atom is 0.270 e. The van der Waals surface area contributed by atoms with E-state index in [1.807, 2.05) is 31.2 Å². The molecule has 1 atom stereocenters. The van der Waals surface area contributed by atoms with Gasteiger partial charge in [0.15, 0.2) is 5.13 Å². The van der Waals surface area contributed by atoms with Crippen molar-refractivity contribution in [2.24, 2.45) is 0 Å². The monoisotopic (exact) mass is 347 g/mol. The first-order valence-corrected chi connectivity index (χ1v) is 8.98. The minimum Gasteiger partial charge on any atom is -0.494 e. The van der Waals surface area contributed by atoms with Crippen LogP contribution in [-0.4, -0.2) is 36.8 Å². The molecular formula is C17H21N3O3S. The van der Waals surface area contributed by atoms with Crippen LogP contribution in [0.15, 0.2) is 29.6 Å². The van der Waals surface area contributed by atoms with E-state index in [2.05, 4.69) is 15.6 Å². The molecule has 0 aliphatic carbocycles. The van der Waals surface area contributed by atoms with Gasteiger partial charge < -0.3 is 20.1 Å². The van der Waals surface area contributed by atoms with E-state index in [1.54, 1.807) is 5.38 Å². The van der Waals surface area contributed by atoms with Crippen LogP contribution in [0.4, 0.5) is 10.8 Å². The van der Waals surface area contributed by atoms with Crippen LogP contribution >= 0.6 is 11.3 Å². The predicted octanol–water partition coefficient (Wildman–Crippen LogP) is 3.19. The fraction of sp³-hybridized carbons (Fsp3) is 0.412. The molecule has 1 saturated heterocycles. The Morgan fingerprint density at radius 3 is 2.96 bits per heavy atom. The molecule has 1 aromatic heterocycles. The van der Waals surface area contributed by atoms with Gasteiger partial charge in [0.05, 0.1) is 12.7 Å². The minimum absolute atomic E-state index is 0.133. The molecular weight excluding hydrogens is 326 g/mol. The summed E-state index contributed by atoms with van der Waals surface area (Å²) in [7, 11) is 0. The van der Waals surface area contributed by atoms with Crippen molar-refractivity contribution in [3.05, 3.63) is 35.3 Å². The Labute approximate surface area is 145 Å². The van der Waals surface area contributed by atoms with Crippen LogP contribution in [0.3, 0.4) is 0 Å². The number of thiazole rings is 1. The fourth-order valence-electron chi connectivity index (χ4n) is 2.46. The van der Waals surface area contributed by atoms with Gasteiger partial charge in [-0.15, -0.1) is 11.3 Å². The summed E-state index contributed by atoms with van der Waals surface area (Å²) in [5, 5.41) is 8.50. The molecule has 1 unspecified atom stereocenters. The van der Waals surface area contributed by atoms with Crippen LogP contribution < -0.4 is 15.4 Å². The highest BCUT2D eigenvalue weighted by Crippen LogP contribution is 2.23. The lowest BCUT2D eigenvalue weighted by molar-refractivity contribution is 0.0854. The van der Waals surface area contributed by atoms with Gasteiger partial charge in [0.1, 0.15) is 11.4 Å². The van der Waals surface area contributed by atoms with Crippen molar-refractivity contribution < 1.29 is 14.3 Å². The van der Waals surface area contributed by atoms with Crippen LogP contribution in [0.25, 0.3) is 0 Å². The first-order valence-electron chi connectivity index (χ1n) is 8.10. The van der Waals surface area contributed by atoms with Crippen LogP contribution in [0.1, 0.15) is 30.3 Å². The third-order valence-electron chi connectivity index (χ3n) is 3.67. The van der Waals surface area contributed by atoms with Crippen molar-refractivity contribution in [2.45, 2.75) is 25.9 Å². The molecule has 2 heterocycles. The molecule has 1 aliphatic heterocycles. The Morgan fingerprint density at radius 2 is 2.25 bits per heavy atom. The van der Waals surface area contributed by atoms with Crippen LogP contribution in [-0.2, 0) is 4.74 Å². The number of aromatic nitrogens is 1. The van der Waals surface area contributed by atoms with Gasteiger partial charge >= 0.3 is 0 Å². The number of hydrogen-bond acceptors (Lipinski definition) is 6. The molecule has 7 heteroatoms. The van der Waals surface area contributed by atoms with E-state index in [-0.39, 0.29) is 12.0 Å². The Morgan fingerprint density at radius 1 is 1.42 bits per heavy atom. The van der Waals surface area contributed by atoms with E-state index < -0.39 is 0 Å². The van der Waals surface area contributed by atoms with E-state index in [4.69, 9.17) is 9.47 Å². The number of amides is 1. The summed E-state index contributed by atoms with van der Waals surface area (Å²) >= 11 is 1.40. The van der Waals surface area contributed by atoms with Gasteiger partial charge in [0.25, 0.3) is 5.91 Å². The quantitative estimate of drug-likeness (QED) is 0.805. The summed E-state index contributed by atoms with van der Waals surface area (Å²) in [5.41, 5.74) is 1.32. The van der Waals surface area contributed by atoms with Crippen molar-refractivity contribution in [3.8, 4) is 5.75 Å². The number of nitrogens with one attached hydrogen (secondary N) is 2. The zero-order valence-electron chi connectivity index (χ0n) is 13.6. The standard InChI is InChI=1S/C17H21N3O3S/c1-2-22-13-7-5-12(6-8-13)19-17-20-15(11-24-17)16(21)18-10-14-4-3-9-23-14/h5-8,11,14H,2-4,9-10H2,1H3,(H,18,21)(H,19,20). The van der Waals surface area contributed by atoms with Crippen LogP contribution in [0.5, 0.6) is 5.75 Å². The summed E-state index contributed by atoms with van der Waals surface area (Å²) in [6.45, 7) is 3.92. The number of carbonyl (C=O) groups excluding carboxylic acids is 1. The fourth-order valence-corrected chi connectivity index (χ4v) is 3.17. The molecule has 3 rings (SSSR count). The number of benzene rings is 1. The van der Waals surface area contributed by atoms with Gasteiger partial charge in [-0.1, -0.05) is 0 Å². The number of hydrogen-bond donors (Lipinski definition) is 2. The van der Waals surface area contributed by atoms with Crippen molar-refractivity contribution in [1.82, 2.24) is 10.3 Å². The van der Waals surface area contributed by atoms with E-state index in [0.717, 1.165) is 30.9 Å². The molecule has 2 N–H and O–H groups in total. The third kappa shape index (κ3) is 4.46. The van der Waals surface area contributed by atoms with Crippen molar-refractivity contribution in [1.29, 1.82) is 0 Å². The largest absolute Gasteiger partial charge is 0.494 e. The van der Waals surface area contributed by atoms with Crippen LogP contribution in [0, 0.1) is 0 Å². The maximum atomic E-state index is 12.1. The minimum atomic E-state index is -0.165. The molecule has 0 spiro atoms. The normalized spacial score (nSPS) is 16.8. The Kier molecular flexibility index (Phi) is 5.66. The number of anilines is 2. The average Bonchev–Trinajstić information content (AvgIpc) is 3.26. The van der Waals surface area contributed by atoms with E-state index in [1.165, 1.54) is 11.3 Å². The molecule has 2 aromatic rings. The Bertz CT molecular complexity index is 666. The first kappa shape index (κ1) is 16.7. The summed E-state index contributed by atoms with van der Waals surface area (Å²) in [6, 6.07) is 7.64. The number of nitrogens with zero attached hydrogens (tertiary/aromatic N) is 1. The Balaban J connectivity index is 1.53. The zero-order valence-corrected chi connectivity index (χ0v) is 14.4. The summed E-state index contributed by atoms with van der Waals surface area (Å²) < 4.78 is 10.9. The van der Waals surface area contributed by atoms with E-state index in [9.17, 15) is 4.79 Å². The molecule has 1 aromatic carbocycles. The van der Waals surface area contributed by atoms with Crippen molar-refractivity contribution >= 4 is 28.1 Å². The lowest BCUT2D eigenvalue weighted by Gasteiger charge is -2.09. The predicted molar refractivity (Wildman–Crippen MR) is 94.3 cm³/mol. The number of carbonyl (C=O) groups is 1. The highest BCUT2D eigenvalue weighted by molar-refractivity contribution is 7.14. The highest BCUT2D eigenvalue weighted by atomic mass is 32.1. The lowest BCUT2D eigenvalue weighted by Crippen LogP contribution is -2.31. The second kappa shape index (κ2) is 8.12. The van der Waals surface area contributed by atoms with Gasteiger partial charge in [-0.25, -0.2) is 4.98 Å². The van der Waals surface area contributed by atoms with Crippen molar-refractivity contribution in [3.63, 3.8) is 0 Å². The molecule has 0 radical (unpaired) electrons. The highest BCUT2D eigenvalue weighted by Gasteiger charge is 2.17. The molecule has 1 amide bonds. The molecule has 6 nitrogen and oxygen atoms in total. The molecule has 1 fully saturated rings. The SMILES string of the molecule is CCOc1ccc(Nc2nc(C(=O)NCC3CCCO3)cs2)cc1. The third-order valence-corrected chi connectivity index (χ3v) is 4.43.